The van der Waals surface area contributed by atoms with E-state index in [1.807, 2.05) is 6.92 Å². The van der Waals surface area contributed by atoms with Crippen molar-refractivity contribution in [1.82, 2.24) is 5.32 Å². The molecule has 0 spiro atoms. The zero-order valence-electron chi connectivity index (χ0n) is 10.1. The summed E-state index contributed by atoms with van der Waals surface area (Å²) in [6.07, 6.45) is 0.771. The van der Waals surface area contributed by atoms with E-state index in [4.69, 9.17) is 4.74 Å². The van der Waals surface area contributed by atoms with E-state index in [1.165, 1.54) is 12.1 Å². The molecule has 1 saturated heterocycles. The maximum Gasteiger partial charge on any atom is 0.346 e. The number of nitrogens with one attached hydrogen (secondary N) is 1. The highest BCUT2D eigenvalue weighted by molar-refractivity contribution is 5.47. The van der Waals surface area contributed by atoms with Gasteiger partial charge in [0.15, 0.2) is 0 Å². The molecule has 2 atom stereocenters. The molecule has 1 aliphatic heterocycles. The highest BCUT2D eigenvalue weighted by Gasteiger charge is 2.27. The lowest BCUT2D eigenvalue weighted by atomic mass is 9.97. The lowest BCUT2D eigenvalue weighted by Crippen LogP contribution is -2.42. The monoisotopic (exact) mass is 254 g/mol. The van der Waals surface area contributed by atoms with Crippen LogP contribution in [0.1, 0.15) is 13.3 Å². The molecule has 1 N–H and O–H groups in total. The lowest BCUT2D eigenvalue weighted by molar-refractivity contribution is -0.388. The van der Waals surface area contributed by atoms with Crippen LogP contribution in [-0.2, 0) is 0 Å². The van der Waals surface area contributed by atoms with Crippen molar-refractivity contribution in [2.75, 3.05) is 13.1 Å². The standard InChI is InChI=1S/C12H15FN2O3/c1-8-5-6-14-7-11(8)18-10-4-2-3-9(13)12(10)15(16)17/h2-4,8,11,14H,5-7H2,1H3. The number of halogens is 1. The summed E-state index contributed by atoms with van der Waals surface area (Å²) < 4.78 is 19.0. The van der Waals surface area contributed by atoms with E-state index in [1.54, 1.807) is 0 Å². The zero-order chi connectivity index (χ0) is 13.1. The summed E-state index contributed by atoms with van der Waals surface area (Å²) in [5.74, 6) is -0.580. The number of ether oxygens (including phenoxy) is 1. The fourth-order valence-electron chi connectivity index (χ4n) is 2.05. The van der Waals surface area contributed by atoms with E-state index in [2.05, 4.69) is 5.32 Å². The maximum absolute atomic E-state index is 13.4. The molecular weight excluding hydrogens is 239 g/mol. The number of hydrogen-bond donors (Lipinski definition) is 1. The molecule has 1 aromatic carbocycles. The van der Waals surface area contributed by atoms with Crippen molar-refractivity contribution < 1.29 is 14.1 Å². The van der Waals surface area contributed by atoms with Crippen molar-refractivity contribution in [2.45, 2.75) is 19.4 Å². The normalized spacial score (nSPS) is 23.7. The van der Waals surface area contributed by atoms with E-state index in [9.17, 15) is 14.5 Å². The summed E-state index contributed by atoms with van der Waals surface area (Å²) in [7, 11) is 0. The molecule has 0 radical (unpaired) electrons. The first-order valence-corrected chi connectivity index (χ1v) is 5.90. The molecule has 18 heavy (non-hydrogen) atoms. The second-order valence-electron chi connectivity index (χ2n) is 4.47. The third kappa shape index (κ3) is 2.59. The zero-order valence-corrected chi connectivity index (χ0v) is 10.1. The van der Waals surface area contributed by atoms with Gasteiger partial charge in [-0.1, -0.05) is 13.0 Å². The van der Waals surface area contributed by atoms with Crippen LogP contribution in [0.2, 0.25) is 0 Å². The average molecular weight is 254 g/mol. The minimum absolute atomic E-state index is 0.000509. The van der Waals surface area contributed by atoms with Crippen molar-refractivity contribution in [3.05, 3.63) is 34.1 Å². The van der Waals surface area contributed by atoms with Crippen LogP contribution in [0, 0.1) is 21.8 Å². The Morgan fingerprint density at radius 2 is 2.33 bits per heavy atom. The molecular formula is C12H15FN2O3. The van der Waals surface area contributed by atoms with Gasteiger partial charge in [0, 0.05) is 6.54 Å². The Morgan fingerprint density at radius 3 is 3.00 bits per heavy atom. The SMILES string of the molecule is CC1CCNCC1Oc1cccc(F)c1[N+](=O)[O-]. The maximum atomic E-state index is 13.4. The highest BCUT2D eigenvalue weighted by atomic mass is 19.1. The van der Waals surface area contributed by atoms with Gasteiger partial charge in [-0.25, -0.2) is 0 Å². The van der Waals surface area contributed by atoms with Gasteiger partial charge in [0.1, 0.15) is 6.10 Å². The van der Waals surface area contributed by atoms with Gasteiger partial charge in [-0.05, 0) is 31.0 Å². The van der Waals surface area contributed by atoms with Crippen LogP contribution < -0.4 is 10.1 Å². The van der Waals surface area contributed by atoms with Crippen LogP contribution in [0.4, 0.5) is 10.1 Å². The molecule has 0 bridgehead atoms. The van der Waals surface area contributed by atoms with Crippen molar-refractivity contribution in [3.63, 3.8) is 0 Å². The van der Waals surface area contributed by atoms with Crippen molar-refractivity contribution in [3.8, 4) is 5.75 Å². The largest absolute Gasteiger partial charge is 0.482 e. The molecule has 0 saturated carbocycles. The van der Waals surface area contributed by atoms with E-state index < -0.39 is 16.4 Å². The Kier molecular flexibility index (Phi) is 3.76. The quantitative estimate of drug-likeness (QED) is 0.662. The fourth-order valence-corrected chi connectivity index (χ4v) is 2.05. The third-order valence-corrected chi connectivity index (χ3v) is 3.17. The van der Waals surface area contributed by atoms with Gasteiger partial charge in [-0.2, -0.15) is 4.39 Å². The van der Waals surface area contributed by atoms with Crippen molar-refractivity contribution >= 4 is 5.69 Å². The second kappa shape index (κ2) is 5.30. The molecule has 5 nitrogen and oxygen atoms in total. The molecule has 1 aliphatic rings. The topological polar surface area (TPSA) is 64.4 Å². The summed E-state index contributed by atoms with van der Waals surface area (Å²) >= 11 is 0. The number of para-hydroxylation sites is 1. The van der Waals surface area contributed by atoms with Crippen LogP contribution >= 0.6 is 0 Å². The first-order chi connectivity index (χ1) is 8.59. The number of piperidine rings is 1. The smallest absolute Gasteiger partial charge is 0.346 e. The van der Waals surface area contributed by atoms with E-state index in [0.717, 1.165) is 19.0 Å². The third-order valence-electron chi connectivity index (χ3n) is 3.17. The van der Waals surface area contributed by atoms with Gasteiger partial charge in [0.2, 0.25) is 11.6 Å². The number of nitro groups is 1. The molecule has 0 amide bonds. The van der Waals surface area contributed by atoms with Crippen LogP contribution in [-0.4, -0.2) is 24.1 Å². The molecule has 0 aromatic heterocycles. The van der Waals surface area contributed by atoms with Crippen LogP contribution in [0.15, 0.2) is 18.2 Å². The second-order valence-corrected chi connectivity index (χ2v) is 4.47. The van der Waals surface area contributed by atoms with Gasteiger partial charge >= 0.3 is 5.69 Å². The lowest BCUT2D eigenvalue weighted by Gasteiger charge is -2.29. The number of hydrogen-bond acceptors (Lipinski definition) is 4. The van der Waals surface area contributed by atoms with Gasteiger partial charge in [0.25, 0.3) is 0 Å². The van der Waals surface area contributed by atoms with Crippen molar-refractivity contribution in [1.29, 1.82) is 0 Å². The molecule has 1 heterocycles. The van der Waals surface area contributed by atoms with Crippen LogP contribution in [0.25, 0.3) is 0 Å². The Balaban J connectivity index is 2.23. The summed E-state index contributed by atoms with van der Waals surface area (Å²) in [5.41, 5.74) is -0.588. The van der Waals surface area contributed by atoms with Gasteiger partial charge in [0.05, 0.1) is 4.92 Å². The van der Waals surface area contributed by atoms with Gasteiger partial charge in [-0.3, -0.25) is 10.1 Å². The Morgan fingerprint density at radius 1 is 1.56 bits per heavy atom. The van der Waals surface area contributed by atoms with E-state index >= 15 is 0 Å². The number of nitro benzene ring substituents is 1. The number of benzene rings is 1. The molecule has 98 valence electrons. The fraction of sp³-hybridized carbons (Fsp3) is 0.500. The van der Waals surface area contributed by atoms with Gasteiger partial charge < -0.3 is 10.1 Å². The van der Waals surface area contributed by atoms with Crippen LogP contribution in [0.3, 0.4) is 0 Å². The Hall–Kier alpha value is -1.69. The average Bonchev–Trinajstić information content (AvgIpc) is 2.31. The molecule has 2 rings (SSSR count). The van der Waals surface area contributed by atoms with E-state index in [0.29, 0.717) is 6.54 Å². The summed E-state index contributed by atoms with van der Waals surface area (Å²) in [5, 5.41) is 14.0. The minimum atomic E-state index is -0.867. The van der Waals surface area contributed by atoms with Crippen LogP contribution in [0.5, 0.6) is 5.75 Å². The first kappa shape index (κ1) is 12.8. The minimum Gasteiger partial charge on any atom is -0.482 e. The molecule has 0 aliphatic carbocycles. The van der Waals surface area contributed by atoms with Crippen molar-refractivity contribution in [2.24, 2.45) is 5.92 Å². The van der Waals surface area contributed by atoms with E-state index in [-0.39, 0.29) is 17.8 Å². The summed E-state index contributed by atoms with van der Waals surface area (Å²) in [6.45, 7) is 3.55. The molecule has 1 aromatic rings. The Labute approximate surface area is 104 Å². The number of rotatable bonds is 3. The molecule has 1 fully saturated rings. The van der Waals surface area contributed by atoms with Gasteiger partial charge in [-0.15, -0.1) is 0 Å². The number of nitrogens with zero attached hydrogens (tertiary/aromatic N) is 1. The Bertz CT molecular complexity index is 453. The predicted molar refractivity (Wildman–Crippen MR) is 64.1 cm³/mol. The summed E-state index contributed by atoms with van der Waals surface area (Å²) in [4.78, 5) is 10.1. The highest BCUT2D eigenvalue weighted by Crippen LogP contribution is 2.31. The molecule has 2 unspecified atom stereocenters. The predicted octanol–water partition coefficient (Wildman–Crippen LogP) is 2.11. The molecule has 6 heteroatoms. The first-order valence-electron chi connectivity index (χ1n) is 5.90. The summed E-state index contributed by atoms with van der Waals surface area (Å²) in [6, 6.07) is 3.91.